The number of carbonyl (C=O) groups excluding carboxylic acids is 2. The van der Waals surface area contributed by atoms with Crippen LogP contribution in [0.5, 0.6) is 0 Å². The summed E-state index contributed by atoms with van der Waals surface area (Å²) in [6.07, 6.45) is 5.53. The molecule has 39 heavy (non-hydrogen) atoms. The second kappa shape index (κ2) is 10.4. The average molecular weight is 568 g/mol. The summed E-state index contributed by atoms with van der Waals surface area (Å²) >= 11 is 12.8. The third kappa shape index (κ3) is 5.09. The fraction of sp³-hybridized carbons (Fsp3) is 0.345. The van der Waals surface area contributed by atoms with Crippen molar-refractivity contribution in [3.63, 3.8) is 0 Å². The van der Waals surface area contributed by atoms with Crippen LogP contribution >= 0.6 is 23.2 Å². The van der Waals surface area contributed by atoms with E-state index in [2.05, 4.69) is 5.43 Å². The Hall–Kier alpha value is -3.20. The summed E-state index contributed by atoms with van der Waals surface area (Å²) < 4.78 is 15.3. The van der Waals surface area contributed by atoms with Crippen molar-refractivity contribution in [1.82, 2.24) is 25.1 Å². The van der Waals surface area contributed by atoms with E-state index in [0.29, 0.717) is 45.4 Å². The molecule has 1 saturated carbocycles. The molecule has 202 valence electrons. The minimum absolute atomic E-state index is 0.123. The van der Waals surface area contributed by atoms with E-state index in [1.165, 1.54) is 38.3 Å². The number of nitrogens with one attached hydrogen (secondary N) is 1. The molecular weight excluding hydrogens is 540 g/mol. The molecule has 10 heteroatoms. The molecule has 6 rings (SSSR count). The molecule has 3 heterocycles. The van der Waals surface area contributed by atoms with Crippen LogP contribution in [-0.4, -0.2) is 51.1 Å². The number of hydrogen-bond donors (Lipinski definition) is 1. The first-order chi connectivity index (χ1) is 18.8. The van der Waals surface area contributed by atoms with E-state index in [1.54, 1.807) is 39.9 Å². The topological polar surface area (TPSA) is 70.5 Å². The smallest absolute Gasteiger partial charge is 0.286 e. The summed E-state index contributed by atoms with van der Waals surface area (Å²) in [7, 11) is 0. The summed E-state index contributed by atoms with van der Waals surface area (Å²) in [5.41, 5.74) is 6.71. The molecule has 2 aromatic carbocycles. The van der Waals surface area contributed by atoms with Gasteiger partial charge in [0.05, 0.1) is 22.9 Å². The lowest BCUT2D eigenvalue weighted by Crippen LogP contribution is -2.42. The number of hydrazine groups is 1. The molecular formula is C29H28Cl2FN5O2. The third-order valence-electron chi connectivity index (χ3n) is 7.99. The van der Waals surface area contributed by atoms with E-state index in [-0.39, 0.29) is 29.9 Å². The van der Waals surface area contributed by atoms with E-state index < -0.39 is 0 Å². The molecule has 2 amide bonds. The number of aromatic nitrogens is 2. The van der Waals surface area contributed by atoms with Crippen molar-refractivity contribution < 1.29 is 14.0 Å². The van der Waals surface area contributed by atoms with E-state index in [0.717, 1.165) is 24.2 Å². The Morgan fingerprint density at radius 1 is 1.05 bits per heavy atom. The van der Waals surface area contributed by atoms with Crippen LogP contribution in [0.3, 0.4) is 0 Å². The van der Waals surface area contributed by atoms with Gasteiger partial charge in [0.2, 0.25) is 5.91 Å². The van der Waals surface area contributed by atoms with Crippen LogP contribution in [-0.2, 0) is 11.3 Å². The van der Waals surface area contributed by atoms with Gasteiger partial charge in [-0.15, -0.1) is 0 Å². The van der Waals surface area contributed by atoms with Crippen LogP contribution in [0.4, 0.5) is 4.39 Å². The van der Waals surface area contributed by atoms with E-state index in [1.807, 2.05) is 11.1 Å². The second-order valence-corrected chi connectivity index (χ2v) is 11.4. The van der Waals surface area contributed by atoms with Gasteiger partial charge in [-0.3, -0.25) is 15.0 Å². The van der Waals surface area contributed by atoms with Gasteiger partial charge in [-0.25, -0.2) is 14.1 Å². The summed E-state index contributed by atoms with van der Waals surface area (Å²) in [5, 5.41) is 7.63. The summed E-state index contributed by atoms with van der Waals surface area (Å²) in [4.78, 5) is 27.9. The monoisotopic (exact) mass is 567 g/mol. The Bertz CT molecular complexity index is 1470. The molecule has 2 fully saturated rings. The standard InChI is InChI=1S/C29H28Cl2FN5O2/c1-17(38)35-13-21(11-18-5-8-23(32)9-6-18)28-24(16-35)27(33-37(28)26-10-7-22(30)12-25(26)31)29(39)34-36-14-19-3-2-4-20(19)15-36/h5-12,19-20H,2-4,13-16H2,1H3,(H,34,39)/b21-11+. The minimum Gasteiger partial charge on any atom is -0.334 e. The maximum atomic E-state index is 13.7. The zero-order valence-corrected chi connectivity index (χ0v) is 23.0. The highest BCUT2D eigenvalue weighted by Gasteiger charge is 2.38. The molecule has 1 aliphatic carbocycles. The molecule has 3 aliphatic rings. The number of rotatable bonds is 4. The van der Waals surface area contributed by atoms with Gasteiger partial charge in [0.1, 0.15) is 5.82 Å². The number of nitrogens with zero attached hydrogens (tertiary/aromatic N) is 4. The zero-order chi connectivity index (χ0) is 27.3. The molecule has 1 aromatic heterocycles. The van der Waals surface area contributed by atoms with Gasteiger partial charge in [-0.05, 0) is 72.2 Å². The van der Waals surface area contributed by atoms with E-state index in [4.69, 9.17) is 28.3 Å². The lowest BCUT2D eigenvalue weighted by Gasteiger charge is -2.29. The Morgan fingerprint density at radius 2 is 1.77 bits per heavy atom. The van der Waals surface area contributed by atoms with Crippen LogP contribution in [0.1, 0.15) is 53.5 Å². The summed E-state index contributed by atoms with van der Waals surface area (Å²) in [6.45, 7) is 3.69. The predicted octanol–water partition coefficient (Wildman–Crippen LogP) is 5.60. The number of fused-ring (bicyclic) bond motifs is 2. The lowest BCUT2D eigenvalue weighted by molar-refractivity contribution is -0.128. The van der Waals surface area contributed by atoms with Crippen LogP contribution < -0.4 is 5.43 Å². The van der Waals surface area contributed by atoms with E-state index in [9.17, 15) is 14.0 Å². The fourth-order valence-corrected chi connectivity index (χ4v) is 6.58. The number of hydrogen-bond acceptors (Lipinski definition) is 4. The van der Waals surface area contributed by atoms with Crippen LogP contribution in [0.25, 0.3) is 17.3 Å². The number of benzene rings is 2. The first kappa shape index (κ1) is 26.0. The van der Waals surface area contributed by atoms with Crippen LogP contribution in [0.2, 0.25) is 10.0 Å². The van der Waals surface area contributed by atoms with Crippen molar-refractivity contribution >= 4 is 46.7 Å². The molecule has 0 spiro atoms. The van der Waals surface area contributed by atoms with Gasteiger partial charge >= 0.3 is 0 Å². The Kier molecular flexibility index (Phi) is 6.95. The molecule has 2 unspecified atom stereocenters. The quantitative estimate of drug-likeness (QED) is 0.445. The summed E-state index contributed by atoms with van der Waals surface area (Å²) in [6, 6.07) is 11.2. The minimum atomic E-state index is -0.338. The Morgan fingerprint density at radius 3 is 2.44 bits per heavy atom. The molecule has 1 N–H and O–H groups in total. The van der Waals surface area contributed by atoms with Crippen molar-refractivity contribution in [1.29, 1.82) is 0 Å². The van der Waals surface area contributed by atoms with Crippen LogP contribution in [0, 0.1) is 17.7 Å². The highest BCUT2D eigenvalue weighted by molar-refractivity contribution is 6.35. The maximum absolute atomic E-state index is 13.7. The van der Waals surface area contributed by atoms with Crippen molar-refractivity contribution in [3.8, 4) is 5.69 Å². The second-order valence-electron chi connectivity index (χ2n) is 10.6. The molecule has 1 saturated heterocycles. The molecule has 2 atom stereocenters. The molecule has 2 aliphatic heterocycles. The highest BCUT2D eigenvalue weighted by atomic mass is 35.5. The molecule has 3 aromatic rings. The van der Waals surface area contributed by atoms with Crippen molar-refractivity contribution in [2.45, 2.75) is 32.7 Å². The maximum Gasteiger partial charge on any atom is 0.286 e. The Labute approximate surface area is 236 Å². The van der Waals surface area contributed by atoms with Gasteiger partial charge in [-0.1, -0.05) is 41.8 Å². The number of halogens is 3. The van der Waals surface area contributed by atoms with Gasteiger partial charge in [-0.2, -0.15) is 5.10 Å². The Balaban J connectivity index is 1.46. The van der Waals surface area contributed by atoms with Gasteiger partial charge in [0.25, 0.3) is 5.91 Å². The fourth-order valence-electron chi connectivity index (χ4n) is 6.09. The van der Waals surface area contributed by atoms with Crippen LogP contribution in [0.15, 0.2) is 42.5 Å². The largest absolute Gasteiger partial charge is 0.334 e. The first-order valence-electron chi connectivity index (χ1n) is 13.1. The van der Waals surface area contributed by atoms with Gasteiger partial charge in [0, 0.05) is 37.1 Å². The van der Waals surface area contributed by atoms with Crippen molar-refractivity contribution in [2.24, 2.45) is 11.8 Å². The van der Waals surface area contributed by atoms with Gasteiger partial charge < -0.3 is 4.90 Å². The molecule has 0 radical (unpaired) electrons. The van der Waals surface area contributed by atoms with Gasteiger partial charge in [0.15, 0.2) is 5.69 Å². The van der Waals surface area contributed by atoms with Crippen molar-refractivity contribution in [2.75, 3.05) is 19.6 Å². The normalized spacial score (nSPS) is 21.7. The highest BCUT2D eigenvalue weighted by Crippen LogP contribution is 2.38. The molecule has 0 bridgehead atoms. The van der Waals surface area contributed by atoms with Crippen molar-refractivity contribution in [3.05, 3.63) is 80.8 Å². The van der Waals surface area contributed by atoms with E-state index >= 15 is 0 Å². The zero-order valence-electron chi connectivity index (χ0n) is 21.5. The molecule has 7 nitrogen and oxygen atoms in total. The SMILES string of the molecule is CC(=O)N1C/C(=C\c2ccc(F)cc2)c2c(c(C(=O)NN3CC4CCCC4C3)nn2-c2ccc(Cl)cc2Cl)C1. The summed E-state index contributed by atoms with van der Waals surface area (Å²) in [5.74, 6) is 0.448. The predicted molar refractivity (Wildman–Crippen MR) is 149 cm³/mol. The average Bonchev–Trinajstić information content (AvgIpc) is 3.59. The number of carbonyl (C=O) groups is 2. The number of amides is 2. The lowest BCUT2D eigenvalue weighted by atomic mass is 9.97. The third-order valence-corrected chi connectivity index (χ3v) is 8.53. The first-order valence-corrected chi connectivity index (χ1v) is 13.9.